The van der Waals surface area contributed by atoms with Crippen molar-refractivity contribution in [3.05, 3.63) is 34.9 Å². The number of halogens is 1. The number of amides is 2. The molecule has 8 nitrogen and oxygen atoms in total. The van der Waals surface area contributed by atoms with Crippen LogP contribution in [0.2, 0.25) is 5.02 Å². The Morgan fingerprint density at radius 1 is 1.19 bits per heavy atom. The second kappa shape index (κ2) is 9.27. The number of hydrazone groups is 1. The maximum atomic E-state index is 13.5. The Morgan fingerprint density at radius 3 is 2.78 bits per heavy atom. The third-order valence-electron chi connectivity index (χ3n) is 7.08. The minimum absolute atomic E-state index is 0.0393. The first-order valence-electron chi connectivity index (χ1n) is 11.6. The number of amidine groups is 1. The van der Waals surface area contributed by atoms with Crippen LogP contribution in [-0.2, 0) is 20.9 Å². The van der Waals surface area contributed by atoms with E-state index >= 15 is 0 Å². The summed E-state index contributed by atoms with van der Waals surface area (Å²) in [5, 5.41) is 5.27. The molecule has 1 aromatic carbocycles. The van der Waals surface area contributed by atoms with Crippen LogP contribution >= 0.6 is 11.6 Å². The molecule has 0 spiro atoms. The fourth-order valence-corrected chi connectivity index (χ4v) is 5.60. The largest absolute Gasteiger partial charge is 0.378 e. The maximum Gasteiger partial charge on any atom is 0.231 e. The van der Waals surface area contributed by atoms with Crippen LogP contribution in [0.3, 0.4) is 0 Å². The predicted molar refractivity (Wildman–Crippen MR) is 121 cm³/mol. The topological polar surface area (TPSA) is 77.5 Å². The third-order valence-corrected chi connectivity index (χ3v) is 7.45. The molecule has 3 atom stereocenters. The Kier molecular flexibility index (Phi) is 6.24. The van der Waals surface area contributed by atoms with Gasteiger partial charge in [0.1, 0.15) is 5.84 Å². The van der Waals surface area contributed by atoms with Crippen molar-refractivity contribution in [2.24, 2.45) is 11.0 Å². The highest BCUT2D eigenvalue weighted by Crippen LogP contribution is 2.38. The first kappa shape index (κ1) is 21.5. The van der Waals surface area contributed by atoms with Gasteiger partial charge in [-0.1, -0.05) is 42.6 Å². The van der Waals surface area contributed by atoms with Gasteiger partial charge in [-0.3, -0.25) is 19.9 Å². The summed E-state index contributed by atoms with van der Waals surface area (Å²) in [6.07, 6.45) is 4.71. The molecule has 0 radical (unpaired) electrons. The highest BCUT2D eigenvalue weighted by Gasteiger charge is 2.50. The summed E-state index contributed by atoms with van der Waals surface area (Å²) in [7, 11) is 0. The van der Waals surface area contributed by atoms with E-state index in [2.05, 4.69) is 15.4 Å². The molecule has 1 aliphatic carbocycles. The van der Waals surface area contributed by atoms with Crippen LogP contribution in [0.15, 0.2) is 29.4 Å². The summed E-state index contributed by atoms with van der Waals surface area (Å²) in [6, 6.07) is 7.79. The zero-order valence-electron chi connectivity index (χ0n) is 18.2. The molecule has 2 saturated heterocycles. The molecule has 0 bridgehead atoms. The van der Waals surface area contributed by atoms with Gasteiger partial charge in [-0.05, 0) is 24.5 Å². The minimum atomic E-state index is -0.327. The number of rotatable bonds is 5. The Balaban J connectivity index is 1.33. The standard InChI is InChI=1S/C23H30ClN5O3/c24-18-7-3-1-5-16(18)15-28-22(31)17-6-2-4-8-19(17)29-20(25-26-23(28)29)9-10-21(30)27-11-13-32-14-12-27/h1,3,5,7,17,19,23,26H,2,4,6,8-15H2. The lowest BCUT2D eigenvalue weighted by Gasteiger charge is -2.50. The van der Waals surface area contributed by atoms with E-state index in [9.17, 15) is 9.59 Å². The van der Waals surface area contributed by atoms with Gasteiger partial charge in [-0.25, -0.2) is 0 Å². The minimum Gasteiger partial charge on any atom is -0.378 e. The molecule has 3 fully saturated rings. The van der Waals surface area contributed by atoms with E-state index < -0.39 is 0 Å². The summed E-state index contributed by atoms with van der Waals surface area (Å²) in [4.78, 5) is 32.2. The number of nitrogens with zero attached hydrogens (tertiary/aromatic N) is 4. The molecular formula is C23H30ClN5O3. The van der Waals surface area contributed by atoms with Crippen molar-refractivity contribution in [1.82, 2.24) is 20.1 Å². The molecule has 3 unspecified atom stereocenters. The quantitative estimate of drug-likeness (QED) is 0.731. The van der Waals surface area contributed by atoms with E-state index in [-0.39, 0.29) is 30.1 Å². The zero-order valence-corrected chi connectivity index (χ0v) is 19.0. The van der Waals surface area contributed by atoms with Gasteiger partial charge in [-0.15, -0.1) is 0 Å². The van der Waals surface area contributed by atoms with Gasteiger partial charge in [0.05, 0.1) is 25.7 Å². The first-order chi connectivity index (χ1) is 15.6. The fourth-order valence-electron chi connectivity index (χ4n) is 5.40. The molecule has 9 heteroatoms. The van der Waals surface area contributed by atoms with E-state index in [1.807, 2.05) is 34.1 Å². The molecule has 3 aliphatic heterocycles. The van der Waals surface area contributed by atoms with E-state index in [1.54, 1.807) is 0 Å². The second-order valence-corrected chi connectivity index (χ2v) is 9.35. The van der Waals surface area contributed by atoms with Crippen LogP contribution in [0, 0.1) is 5.92 Å². The summed E-state index contributed by atoms with van der Waals surface area (Å²) in [5.41, 5.74) is 4.12. The monoisotopic (exact) mass is 459 g/mol. The summed E-state index contributed by atoms with van der Waals surface area (Å²) < 4.78 is 5.35. The van der Waals surface area contributed by atoms with Crippen molar-refractivity contribution in [1.29, 1.82) is 0 Å². The number of carbonyl (C=O) groups is 2. The van der Waals surface area contributed by atoms with Crippen LogP contribution in [0.25, 0.3) is 0 Å². The van der Waals surface area contributed by atoms with E-state index in [0.29, 0.717) is 50.7 Å². The van der Waals surface area contributed by atoms with Crippen LogP contribution in [0.5, 0.6) is 0 Å². The molecule has 4 aliphatic rings. The van der Waals surface area contributed by atoms with Gasteiger partial charge in [-0.2, -0.15) is 5.10 Å². The highest BCUT2D eigenvalue weighted by molar-refractivity contribution is 6.31. The van der Waals surface area contributed by atoms with Gasteiger partial charge in [0, 0.05) is 37.0 Å². The van der Waals surface area contributed by atoms with Crippen molar-refractivity contribution in [2.45, 2.75) is 57.4 Å². The van der Waals surface area contributed by atoms with Crippen LogP contribution in [0.1, 0.15) is 44.1 Å². The Hall–Kier alpha value is -2.32. The Bertz CT molecular complexity index is 903. The number of nitrogens with one attached hydrogen (secondary N) is 1. The summed E-state index contributed by atoms with van der Waals surface area (Å²) in [5.74, 6) is 1.15. The highest BCUT2D eigenvalue weighted by atomic mass is 35.5. The lowest BCUT2D eigenvalue weighted by molar-refractivity contribution is -0.156. The summed E-state index contributed by atoms with van der Waals surface area (Å²) in [6.45, 7) is 2.95. The maximum absolute atomic E-state index is 13.5. The molecule has 32 heavy (non-hydrogen) atoms. The van der Waals surface area contributed by atoms with Gasteiger partial charge in [0.15, 0.2) is 6.29 Å². The molecule has 2 amide bonds. The van der Waals surface area contributed by atoms with Crippen LogP contribution < -0.4 is 5.43 Å². The second-order valence-electron chi connectivity index (χ2n) is 8.95. The van der Waals surface area contributed by atoms with Crippen LogP contribution in [0.4, 0.5) is 0 Å². The molecule has 172 valence electrons. The smallest absolute Gasteiger partial charge is 0.231 e. The van der Waals surface area contributed by atoms with Gasteiger partial charge < -0.3 is 14.5 Å². The number of hydrogen-bond donors (Lipinski definition) is 1. The molecule has 1 aromatic rings. The predicted octanol–water partition coefficient (Wildman–Crippen LogP) is 2.38. The lowest BCUT2D eigenvalue weighted by atomic mass is 9.80. The Labute approximate surface area is 193 Å². The number of ether oxygens (including phenoxy) is 1. The third kappa shape index (κ3) is 4.06. The molecule has 3 heterocycles. The average Bonchev–Trinajstić information content (AvgIpc) is 3.26. The average molecular weight is 460 g/mol. The number of morpholine rings is 1. The lowest BCUT2D eigenvalue weighted by Crippen LogP contribution is -2.67. The number of benzene rings is 1. The molecule has 1 saturated carbocycles. The van der Waals surface area contributed by atoms with Crippen molar-refractivity contribution in [3.8, 4) is 0 Å². The number of fused-ring (bicyclic) bond motifs is 3. The first-order valence-corrected chi connectivity index (χ1v) is 12.0. The SMILES string of the molecule is O=C(CCC1=NNC2N(Cc3ccccc3Cl)C(=O)C3CCCCC3N12)N1CCOCC1. The number of hydrogen-bond acceptors (Lipinski definition) is 6. The molecular weight excluding hydrogens is 430 g/mol. The Morgan fingerprint density at radius 2 is 1.97 bits per heavy atom. The molecule has 0 aromatic heterocycles. The fraction of sp³-hybridized carbons (Fsp3) is 0.609. The van der Waals surface area contributed by atoms with E-state index in [0.717, 1.165) is 37.1 Å². The molecule has 5 rings (SSSR count). The van der Waals surface area contributed by atoms with E-state index in [1.165, 1.54) is 0 Å². The summed E-state index contributed by atoms with van der Waals surface area (Å²) >= 11 is 6.41. The van der Waals surface area contributed by atoms with Gasteiger partial charge in [0.2, 0.25) is 11.8 Å². The van der Waals surface area contributed by atoms with Crippen molar-refractivity contribution < 1.29 is 14.3 Å². The van der Waals surface area contributed by atoms with Crippen LogP contribution in [-0.4, -0.2) is 71.0 Å². The normalized spacial score (nSPS) is 27.5. The number of carbonyl (C=O) groups excluding carboxylic acids is 2. The van der Waals surface area contributed by atoms with Gasteiger partial charge in [0.25, 0.3) is 0 Å². The van der Waals surface area contributed by atoms with Crippen molar-refractivity contribution in [3.63, 3.8) is 0 Å². The van der Waals surface area contributed by atoms with Crippen molar-refractivity contribution >= 4 is 29.3 Å². The van der Waals surface area contributed by atoms with Gasteiger partial charge >= 0.3 is 0 Å². The molecule has 1 N–H and O–H groups in total. The van der Waals surface area contributed by atoms with E-state index in [4.69, 9.17) is 16.3 Å². The van der Waals surface area contributed by atoms with Crippen molar-refractivity contribution in [2.75, 3.05) is 26.3 Å². The zero-order chi connectivity index (χ0) is 22.1.